The molecular formula is C21H24N4O4S2. The van der Waals surface area contributed by atoms with Crippen LogP contribution < -0.4 is 5.32 Å². The Labute approximate surface area is 182 Å². The van der Waals surface area contributed by atoms with Crippen LogP contribution >= 0.6 is 0 Å². The van der Waals surface area contributed by atoms with Gasteiger partial charge < -0.3 is 5.32 Å². The molecule has 0 spiro atoms. The van der Waals surface area contributed by atoms with Crippen LogP contribution in [0.4, 0.5) is 5.69 Å². The number of anilines is 1. The van der Waals surface area contributed by atoms with Crippen LogP contribution in [0.15, 0.2) is 56.7 Å². The Morgan fingerprint density at radius 3 is 2.52 bits per heavy atom. The van der Waals surface area contributed by atoms with Crippen molar-refractivity contribution in [1.82, 2.24) is 9.21 Å². The molecule has 0 bridgehead atoms. The van der Waals surface area contributed by atoms with Crippen molar-refractivity contribution in [1.29, 1.82) is 0 Å². The predicted octanol–water partition coefficient (Wildman–Crippen LogP) is 1.69. The van der Waals surface area contributed by atoms with E-state index in [2.05, 4.69) is 9.71 Å². The second-order valence-electron chi connectivity index (χ2n) is 8.10. The molecule has 1 N–H and O–H groups in total. The number of piperazine rings is 1. The van der Waals surface area contributed by atoms with E-state index in [1.165, 1.54) is 15.9 Å². The molecule has 2 aliphatic heterocycles. The molecule has 1 saturated heterocycles. The molecule has 0 amide bonds. The highest BCUT2D eigenvalue weighted by Crippen LogP contribution is 2.28. The summed E-state index contributed by atoms with van der Waals surface area (Å²) in [6, 6.07) is 12.2. The molecule has 10 heteroatoms. The second-order valence-corrected chi connectivity index (χ2v) is 11.6. The fourth-order valence-corrected chi connectivity index (χ4v) is 7.05. The third-order valence-electron chi connectivity index (χ3n) is 6.09. The SMILES string of the molecule is O=S1(=O)N=C(CN2CCN(S(=O)(=O)c3ccc4c(c3)CCC4)CC2)Nc2ccccc21. The Kier molecular flexibility index (Phi) is 5.12. The number of hydrogen-bond donors (Lipinski definition) is 1. The highest BCUT2D eigenvalue weighted by Gasteiger charge is 2.31. The van der Waals surface area contributed by atoms with E-state index in [-0.39, 0.29) is 4.90 Å². The van der Waals surface area contributed by atoms with Gasteiger partial charge in [0.05, 0.1) is 17.1 Å². The maximum absolute atomic E-state index is 13.1. The smallest absolute Gasteiger partial charge is 0.286 e. The van der Waals surface area contributed by atoms with Gasteiger partial charge in [0, 0.05) is 26.2 Å². The minimum atomic E-state index is -3.72. The Bertz CT molecular complexity index is 1260. The molecule has 8 nitrogen and oxygen atoms in total. The number of sulfonamides is 2. The molecular weight excluding hydrogens is 436 g/mol. The predicted molar refractivity (Wildman–Crippen MR) is 118 cm³/mol. The van der Waals surface area contributed by atoms with Gasteiger partial charge in [-0.05, 0) is 54.7 Å². The number of aryl methyl sites for hydroxylation is 2. The van der Waals surface area contributed by atoms with Crippen molar-refractivity contribution in [2.75, 3.05) is 38.0 Å². The number of fused-ring (bicyclic) bond motifs is 2. The Morgan fingerprint density at radius 2 is 1.71 bits per heavy atom. The number of hydrogen-bond acceptors (Lipinski definition) is 6. The maximum atomic E-state index is 13.1. The van der Waals surface area contributed by atoms with E-state index in [0.717, 1.165) is 24.8 Å². The quantitative estimate of drug-likeness (QED) is 0.746. The topological polar surface area (TPSA) is 99.2 Å². The zero-order valence-electron chi connectivity index (χ0n) is 17.0. The van der Waals surface area contributed by atoms with Crippen molar-refractivity contribution in [3.63, 3.8) is 0 Å². The summed E-state index contributed by atoms with van der Waals surface area (Å²) in [5.74, 6) is 0.355. The van der Waals surface area contributed by atoms with Gasteiger partial charge in [-0.2, -0.15) is 12.7 Å². The van der Waals surface area contributed by atoms with Crippen molar-refractivity contribution < 1.29 is 16.8 Å². The van der Waals surface area contributed by atoms with Crippen LogP contribution in [0.2, 0.25) is 0 Å². The van der Waals surface area contributed by atoms with Gasteiger partial charge in [0.2, 0.25) is 10.0 Å². The van der Waals surface area contributed by atoms with Crippen molar-refractivity contribution in [2.24, 2.45) is 4.40 Å². The zero-order valence-corrected chi connectivity index (χ0v) is 18.6. The summed E-state index contributed by atoms with van der Waals surface area (Å²) in [4.78, 5) is 2.55. The molecule has 2 aromatic carbocycles. The van der Waals surface area contributed by atoms with Gasteiger partial charge in [0.15, 0.2) is 0 Å². The van der Waals surface area contributed by atoms with E-state index >= 15 is 0 Å². The first-order valence-corrected chi connectivity index (χ1v) is 13.3. The number of para-hydroxylation sites is 1. The van der Waals surface area contributed by atoms with Gasteiger partial charge in [0.1, 0.15) is 10.7 Å². The lowest BCUT2D eigenvalue weighted by atomic mass is 10.1. The molecule has 0 radical (unpaired) electrons. The molecule has 31 heavy (non-hydrogen) atoms. The lowest BCUT2D eigenvalue weighted by Gasteiger charge is -2.34. The standard InChI is InChI=1S/C21H24N4O4S2/c26-30(27)20-7-2-1-6-19(20)22-21(23-30)15-24-10-12-25(13-11-24)31(28,29)18-9-8-16-4-3-5-17(16)14-18/h1-2,6-9,14H,3-5,10-13,15H2,(H,22,23). The van der Waals surface area contributed by atoms with Crippen molar-refractivity contribution >= 4 is 31.6 Å². The molecule has 3 aliphatic rings. The maximum Gasteiger partial charge on any atom is 0.286 e. The lowest BCUT2D eigenvalue weighted by Crippen LogP contribution is -2.50. The van der Waals surface area contributed by atoms with Gasteiger partial charge in [-0.25, -0.2) is 8.42 Å². The van der Waals surface area contributed by atoms with Gasteiger partial charge in [-0.15, -0.1) is 4.40 Å². The van der Waals surface area contributed by atoms with Crippen LogP contribution in [0.3, 0.4) is 0 Å². The van der Waals surface area contributed by atoms with Gasteiger partial charge >= 0.3 is 0 Å². The summed E-state index contributed by atoms with van der Waals surface area (Å²) in [6.07, 6.45) is 3.04. The normalized spacial score (nSPS) is 21.1. The summed E-state index contributed by atoms with van der Waals surface area (Å²) in [7, 11) is -7.26. The minimum absolute atomic E-state index is 0.170. The van der Waals surface area contributed by atoms with Crippen LogP contribution in [0.5, 0.6) is 0 Å². The average Bonchev–Trinajstić information content (AvgIpc) is 3.22. The average molecular weight is 461 g/mol. The zero-order chi connectivity index (χ0) is 21.6. The molecule has 0 unspecified atom stereocenters. The summed E-state index contributed by atoms with van der Waals surface area (Å²) in [6.45, 7) is 2.05. The Balaban J connectivity index is 1.25. The van der Waals surface area contributed by atoms with Crippen LogP contribution in [0.25, 0.3) is 0 Å². The third kappa shape index (κ3) is 3.89. The summed E-state index contributed by atoms with van der Waals surface area (Å²) in [5, 5.41) is 3.09. The third-order valence-corrected chi connectivity index (χ3v) is 9.35. The number of nitrogens with one attached hydrogen (secondary N) is 1. The minimum Gasteiger partial charge on any atom is -0.341 e. The molecule has 5 rings (SSSR count). The number of amidine groups is 1. The van der Waals surface area contributed by atoms with E-state index < -0.39 is 20.0 Å². The van der Waals surface area contributed by atoms with E-state index in [4.69, 9.17) is 0 Å². The van der Waals surface area contributed by atoms with Gasteiger partial charge in [0.25, 0.3) is 10.0 Å². The molecule has 1 aliphatic carbocycles. The number of benzene rings is 2. The van der Waals surface area contributed by atoms with Crippen molar-refractivity contribution in [3.05, 3.63) is 53.6 Å². The first kappa shape index (κ1) is 20.6. The fraction of sp³-hybridized carbons (Fsp3) is 0.381. The second kappa shape index (κ2) is 7.70. The first-order valence-electron chi connectivity index (χ1n) is 10.4. The fourth-order valence-electron chi connectivity index (χ4n) is 4.43. The molecule has 0 aromatic heterocycles. The molecule has 2 heterocycles. The van der Waals surface area contributed by atoms with Crippen LogP contribution in [-0.2, 0) is 32.9 Å². The summed E-state index contributed by atoms with van der Waals surface area (Å²) >= 11 is 0. The van der Waals surface area contributed by atoms with Gasteiger partial charge in [-0.3, -0.25) is 4.90 Å². The monoisotopic (exact) mass is 460 g/mol. The van der Waals surface area contributed by atoms with E-state index in [0.29, 0.717) is 49.1 Å². The lowest BCUT2D eigenvalue weighted by molar-refractivity contribution is 0.209. The Morgan fingerprint density at radius 1 is 0.968 bits per heavy atom. The van der Waals surface area contributed by atoms with E-state index in [1.807, 2.05) is 17.0 Å². The highest BCUT2D eigenvalue weighted by atomic mass is 32.2. The molecule has 164 valence electrons. The largest absolute Gasteiger partial charge is 0.341 e. The summed E-state index contributed by atoms with van der Waals surface area (Å²) in [5.41, 5.74) is 2.91. The number of nitrogens with zero attached hydrogens (tertiary/aromatic N) is 3. The van der Waals surface area contributed by atoms with Crippen LogP contribution in [0.1, 0.15) is 17.5 Å². The van der Waals surface area contributed by atoms with Crippen molar-refractivity contribution in [3.8, 4) is 0 Å². The van der Waals surface area contributed by atoms with Crippen LogP contribution in [0, 0.1) is 0 Å². The molecule has 2 aromatic rings. The van der Waals surface area contributed by atoms with Gasteiger partial charge in [-0.1, -0.05) is 18.2 Å². The summed E-state index contributed by atoms with van der Waals surface area (Å²) < 4.78 is 56.4. The van der Waals surface area contributed by atoms with Crippen LogP contribution in [-0.4, -0.2) is 64.6 Å². The van der Waals surface area contributed by atoms with Crippen molar-refractivity contribution in [2.45, 2.75) is 29.1 Å². The first-order chi connectivity index (χ1) is 14.8. The number of rotatable bonds is 4. The van der Waals surface area contributed by atoms with E-state index in [1.54, 1.807) is 24.3 Å². The van der Waals surface area contributed by atoms with E-state index in [9.17, 15) is 16.8 Å². The molecule has 0 saturated carbocycles. The highest BCUT2D eigenvalue weighted by molar-refractivity contribution is 7.90. The molecule has 0 atom stereocenters. The molecule has 1 fully saturated rings. The Hall–Kier alpha value is -2.27.